The Bertz CT molecular complexity index is 441. The first-order valence-corrected chi connectivity index (χ1v) is 5.43. The number of benzene rings is 1. The van der Waals surface area contributed by atoms with E-state index in [-0.39, 0.29) is 24.8 Å². The van der Waals surface area contributed by atoms with Crippen LogP contribution in [0.25, 0.3) is 0 Å². The molecule has 4 N–H and O–H groups in total. The number of phenolic OH excluding ortho intramolecular Hbond substituents is 1. The number of aromatic hydroxyl groups is 1. The lowest BCUT2D eigenvalue weighted by atomic mass is 10.0. The number of nitro benzene ring substituents is 1. The lowest BCUT2D eigenvalue weighted by Crippen LogP contribution is -2.11. The van der Waals surface area contributed by atoms with Gasteiger partial charge in [-0.2, -0.15) is 0 Å². The van der Waals surface area contributed by atoms with Crippen LogP contribution in [0.1, 0.15) is 24.4 Å². The minimum atomic E-state index is -0.694. The van der Waals surface area contributed by atoms with Crippen LogP contribution in [0, 0.1) is 10.1 Å². The van der Waals surface area contributed by atoms with Gasteiger partial charge < -0.3 is 20.7 Å². The van der Waals surface area contributed by atoms with Crippen molar-refractivity contribution in [3.63, 3.8) is 0 Å². The SMILES string of the molecule is COc1cc([C@@H](N)CCCO)cc([N+](=O)[O-])c1O.Cl. The number of hydrogen-bond donors (Lipinski definition) is 3. The lowest BCUT2D eigenvalue weighted by Gasteiger charge is -2.13. The van der Waals surface area contributed by atoms with Crippen LogP contribution in [-0.2, 0) is 0 Å². The molecule has 7 nitrogen and oxygen atoms in total. The van der Waals surface area contributed by atoms with Crippen LogP contribution in [0.4, 0.5) is 5.69 Å². The Balaban J connectivity index is 0.00000324. The van der Waals surface area contributed by atoms with Gasteiger partial charge in [-0.05, 0) is 24.5 Å². The van der Waals surface area contributed by atoms with Gasteiger partial charge in [0.05, 0.1) is 12.0 Å². The Morgan fingerprint density at radius 2 is 2.16 bits per heavy atom. The first-order valence-electron chi connectivity index (χ1n) is 5.43. The molecule has 0 aliphatic carbocycles. The number of ether oxygens (including phenoxy) is 1. The molecule has 0 radical (unpaired) electrons. The summed E-state index contributed by atoms with van der Waals surface area (Å²) >= 11 is 0. The van der Waals surface area contributed by atoms with Crippen molar-refractivity contribution < 1.29 is 19.9 Å². The van der Waals surface area contributed by atoms with Crippen LogP contribution in [0.5, 0.6) is 11.5 Å². The van der Waals surface area contributed by atoms with Gasteiger partial charge in [-0.1, -0.05) is 0 Å². The topological polar surface area (TPSA) is 119 Å². The molecule has 1 rings (SSSR count). The van der Waals surface area contributed by atoms with Gasteiger partial charge in [-0.15, -0.1) is 12.4 Å². The predicted octanol–water partition coefficient (Wildman–Crippen LogP) is 1.50. The summed E-state index contributed by atoms with van der Waals surface area (Å²) in [5.41, 5.74) is 5.90. The summed E-state index contributed by atoms with van der Waals surface area (Å²) in [4.78, 5) is 10.1. The molecule has 0 unspecified atom stereocenters. The third-order valence-electron chi connectivity index (χ3n) is 2.60. The molecule has 108 valence electrons. The average Bonchev–Trinajstić information content (AvgIpc) is 2.35. The van der Waals surface area contributed by atoms with E-state index in [4.69, 9.17) is 15.6 Å². The van der Waals surface area contributed by atoms with Crippen LogP contribution in [-0.4, -0.2) is 28.9 Å². The molecule has 1 aromatic carbocycles. The van der Waals surface area contributed by atoms with E-state index in [1.165, 1.54) is 19.2 Å². The second-order valence-corrected chi connectivity index (χ2v) is 3.82. The van der Waals surface area contributed by atoms with Gasteiger partial charge in [0.2, 0.25) is 5.75 Å². The maximum absolute atomic E-state index is 10.8. The number of nitro groups is 1. The van der Waals surface area contributed by atoms with E-state index in [1.807, 2.05) is 0 Å². The van der Waals surface area contributed by atoms with Gasteiger partial charge in [0.25, 0.3) is 0 Å². The molecule has 0 amide bonds. The van der Waals surface area contributed by atoms with Gasteiger partial charge in [-0.25, -0.2) is 0 Å². The summed E-state index contributed by atoms with van der Waals surface area (Å²) in [6.07, 6.45) is 0.986. The summed E-state index contributed by atoms with van der Waals surface area (Å²) in [6, 6.07) is 2.23. The zero-order valence-corrected chi connectivity index (χ0v) is 11.2. The number of nitrogens with two attached hydrogens (primary N) is 1. The molecule has 0 fully saturated rings. The Kier molecular flexibility index (Phi) is 7.13. The minimum Gasteiger partial charge on any atom is -0.500 e. The molecular weight excluding hydrogens is 276 g/mol. The number of aliphatic hydroxyl groups excluding tert-OH is 1. The molecule has 0 spiro atoms. The van der Waals surface area contributed by atoms with E-state index >= 15 is 0 Å². The number of hydrogen-bond acceptors (Lipinski definition) is 6. The Morgan fingerprint density at radius 1 is 1.53 bits per heavy atom. The smallest absolute Gasteiger partial charge is 0.314 e. The quantitative estimate of drug-likeness (QED) is 0.540. The van der Waals surface area contributed by atoms with E-state index in [0.29, 0.717) is 18.4 Å². The Labute approximate surface area is 116 Å². The highest BCUT2D eigenvalue weighted by atomic mass is 35.5. The van der Waals surface area contributed by atoms with E-state index in [1.54, 1.807) is 0 Å². The van der Waals surface area contributed by atoms with E-state index in [0.717, 1.165) is 0 Å². The first kappa shape index (κ1) is 17.4. The largest absolute Gasteiger partial charge is 0.500 e. The van der Waals surface area contributed by atoms with Crippen molar-refractivity contribution in [3.05, 3.63) is 27.8 Å². The molecule has 1 aromatic rings. The third kappa shape index (κ3) is 4.23. The third-order valence-corrected chi connectivity index (χ3v) is 2.60. The van der Waals surface area contributed by atoms with E-state index in [2.05, 4.69) is 0 Å². The van der Waals surface area contributed by atoms with Crippen LogP contribution >= 0.6 is 12.4 Å². The molecule has 8 heteroatoms. The van der Waals surface area contributed by atoms with Crippen molar-refractivity contribution in [2.24, 2.45) is 5.73 Å². The molecule has 0 aliphatic heterocycles. The maximum Gasteiger partial charge on any atom is 0.314 e. The molecule has 1 atom stereocenters. The zero-order valence-electron chi connectivity index (χ0n) is 10.4. The second kappa shape index (κ2) is 7.78. The molecule has 0 aromatic heterocycles. The fourth-order valence-corrected chi connectivity index (χ4v) is 1.60. The summed E-state index contributed by atoms with van der Waals surface area (Å²) in [5, 5.41) is 29.1. The fraction of sp³-hybridized carbons (Fsp3) is 0.455. The number of aliphatic hydroxyl groups is 1. The number of methoxy groups -OCH3 is 1. The average molecular weight is 293 g/mol. The van der Waals surface area contributed by atoms with E-state index < -0.39 is 22.4 Å². The van der Waals surface area contributed by atoms with Crippen molar-refractivity contribution in [2.45, 2.75) is 18.9 Å². The molecule has 0 aliphatic rings. The van der Waals surface area contributed by atoms with Crippen LogP contribution < -0.4 is 10.5 Å². The van der Waals surface area contributed by atoms with Crippen LogP contribution in [0.2, 0.25) is 0 Å². The molecule has 0 saturated heterocycles. The van der Waals surface area contributed by atoms with E-state index in [9.17, 15) is 15.2 Å². The highest BCUT2D eigenvalue weighted by molar-refractivity contribution is 5.85. The molecule has 0 saturated carbocycles. The van der Waals surface area contributed by atoms with Crippen molar-refractivity contribution in [1.29, 1.82) is 0 Å². The monoisotopic (exact) mass is 292 g/mol. The van der Waals surface area contributed by atoms with Gasteiger partial charge in [0, 0.05) is 18.7 Å². The summed E-state index contributed by atoms with van der Waals surface area (Å²) in [6.45, 7) is 0.00497. The van der Waals surface area contributed by atoms with Crippen molar-refractivity contribution in [3.8, 4) is 11.5 Å². The number of rotatable bonds is 6. The van der Waals surface area contributed by atoms with Crippen molar-refractivity contribution in [1.82, 2.24) is 0 Å². The van der Waals surface area contributed by atoms with Crippen LogP contribution in [0.15, 0.2) is 12.1 Å². The van der Waals surface area contributed by atoms with Gasteiger partial charge >= 0.3 is 5.69 Å². The van der Waals surface area contributed by atoms with Gasteiger partial charge in [0.15, 0.2) is 5.75 Å². The van der Waals surface area contributed by atoms with Gasteiger partial charge in [0.1, 0.15) is 0 Å². The lowest BCUT2D eigenvalue weighted by molar-refractivity contribution is -0.386. The first-order chi connectivity index (χ1) is 8.51. The maximum atomic E-state index is 10.8. The van der Waals surface area contributed by atoms with Gasteiger partial charge in [-0.3, -0.25) is 10.1 Å². The van der Waals surface area contributed by atoms with Crippen molar-refractivity contribution >= 4 is 18.1 Å². The second-order valence-electron chi connectivity index (χ2n) is 3.82. The predicted molar refractivity (Wildman–Crippen MR) is 71.8 cm³/mol. The van der Waals surface area contributed by atoms with Crippen molar-refractivity contribution in [2.75, 3.05) is 13.7 Å². The summed E-state index contributed by atoms with van der Waals surface area (Å²) in [7, 11) is 1.31. The summed E-state index contributed by atoms with van der Waals surface area (Å²) in [5.74, 6) is -0.501. The molecular formula is C11H17ClN2O5. The standard InChI is InChI=1S/C11H16N2O5.ClH/c1-18-10-6-7(8(12)3-2-4-14)5-9(11(10)15)13(16)17;/h5-6,8,14-15H,2-4,12H2,1H3;1H/t8-;/m0./s1. The molecule has 0 heterocycles. The minimum absolute atomic E-state index is 0. The highest BCUT2D eigenvalue weighted by Crippen LogP contribution is 2.38. The highest BCUT2D eigenvalue weighted by Gasteiger charge is 2.21. The molecule has 0 bridgehead atoms. The zero-order chi connectivity index (χ0) is 13.7. The number of halogens is 1. The number of nitrogens with zero attached hydrogens (tertiary/aromatic N) is 1. The Hall–Kier alpha value is -1.57. The fourth-order valence-electron chi connectivity index (χ4n) is 1.60. The molecule has 19 heavy (non-hydrogen) atoms. The summed E-state index contributed by atoms with van der Waals surface area (Å²) < 4.78 is 4.87. The Morgan fingerprint density at radius 3 is 2.63 bits per heavy atom. The number of phenols is 1. The normalized spacial score (nSPS) is 11.5. The van der Waals surface area contributed by atoms with Crippen LogP contribution in [0.3, 0.4) is 0 Å².